The molecular formula is C25H24N2O4. The molecule has 4 aromatic rings. The number of hydrogen-bond donors (Lipinski definition) is 2. The molecule has 5 rings (SSSR count). The number of benzene rings is 2. The van der Waals surface area contributed by atoms with Crippen molar-refractivity contribution in [1.82, 2.24) is 4.98 Å². The molecule has 6 nitrogen and oxygen atoms in total. The van der Waals surface area contributed by atoms with Crippen LogP contribution in [-0.4, -0.2) is 29.3 Å². The van der Waals surface area contributed by atoms with Gasteiger partial charge < -0.3 is 19.6 Å². The summed E-state index contributed by atoms with van der Waals surface area (Å²) in [6.45, 7) is 5.53. The number of carboxylic acid groups (broad SMARTS) is 1. The number of nitrogens with one attached hydrogen (secondary N) is 1. The highest BCUT2D eigenvalue weighted by Gasteiger charge is 2.25. The van der Waals surface area contributed by atoms with E-state index in [9.17, 15) is 9.90 Å². The molecule has 0 aliphatic carbocycles. The minimum absolute atomic E-state index is 0.165. The van der Waals surface area contributed by atoms with Gasteiger partial charge in [0.25, 0.3) is 0 Å². The van der Waals surface area contributed by atoms with E-state index >= 15 is 0 Å². The first-order chi connectivity index (χ1) is 15.0. The van der Waals surface area contributed by atoms with Crippen LogP contribution in [0, 0.1) is 6.92 Å². The molecule has 6 heteroatoms. The van der Waals surface area contributed by atoms with E-state index in [2.05, 4.69) is 22.4 Å². The second-order valence-electron chi connectivity index (χ2n) is 8.19. The van der Waals surface area contributed by atoms with E-state index in [0.29, 0.717) is 18.2 Å². The summed E-state index contributed by atoms with van der Waals surface area (Å²) in [6, 6.07) is 13.0. The van der Waals surface area contributed by atoms with Crippen molar-refractivity contribution in [3.63, 3.8) is 0 Å². The Bertz CT molecular complexity index is 1290. The first-order valence-corrected chi connectivity index (χ1v) is 10.5. The number of para-hydroxylation sites is 1. The molecule has 2 N–H and O–H groups in total. The third kappa shape index (κ3) is 3.43. The third-order valence-electron chi connectivity index (χ3n) is 6.02. The first-order valence-electron chi connectivity index (χ1n) is 10.5. The molecule has 2 aromatic carbocycles. The molecule has 0 amide bonds. The highest BCUT2D eigenvalue weighted by Crippen LogP contribution is 2.39. The quantitative estimate of drug-likeness (QED) is 0.436. The Labute approximate surface area is 179 Å². The molecule has 2 aromatic heterocycles. The Balaban J connectivity index is 1.63. The second-order valence-corrected chi connectivity index (χ2v) is 8.19. The van der Waals surface area contributed by atoms with Gasteiger partial charge in [-0.1, -0.05) is 18.2 Å². The standard InChI is InChI=1S/C25H24N2O4/c1-14-11-19(15(2)27-21-6-4-3-5-18(21)25(28)29)23-20(12-14)22-24(31-23)17(7-9-26-22)16-8-10-30-13-16/h3-7,9,11-12,15-16,27H,8,10,13H2,1-2H3,(H,28,29)/t15-,16?/m1/s1. The molecule has 0 spiro atoms. The number of aromatic nitrogens is 1. The van der Waals surface area contributed by atoms with Crippen LogP contribution >= 0.6 is 0 Å². The first kappa shape index (κ1) is 19.6. The van der Waals surface area contributed by atoms with E-state index in [1.165, 1.54) is 0 Å². The Morgan fingerprint density at radius 1 is 1.23 bits per heavy atom. The van der Waals surface area contributed by atoms with E-state index in [-0.39, 0.29) is 11.6 Å². The molecule has 0 bridgehead atoms. The third-order valence-corrected chi connectivity index (χ3v) is 6.02. The van der Waals surface area contributed by atoms with Gasteiger partial charge in [-0.3, -0.25) is 4.98 Å². The van der Waals surface area contributed by atoms with Gasteiger partial charge in [-0.25, -0.2) is 4.79 Å². The van der Waals surface area contributed by atoms with Gasteiger partial charge in [0.1, 0.15) is 11.1 Å². The zero-order chi connectivity index (χ0) is 21.5. The molecule has 31 heavy (non-hydrogen) atoms. The summed E-state index contributed by atoms with van der Waals surface area (Å²) in [7, 11) is 0. The summed E-state index contributed by atoms with van der Waals surface area (Å²) in [5.74, 6) is -0.644. The Morgan fingerprint density at radius 3 is 2.84 bits per heavy atom. The number of nitrogens with zero attached hydrogens (tertiary/aromatic N) is 1. The van der Waals surface area contributed by atoms with Crippen molar-refractivity contribution in [2.75, 3.05) is 18.5 Å². The average molecular weight is 416 g/mol. The van der Waals surface area contributed by atoms with Crippen molar-refractivity contribution in [1.29, 1.82) is 0 Å². The Kier molecular flexibility index (Phi) is 4.87. The van der Waals surface area contributed by atoms with E-state index in [1.54, 1.807) is 18.2 Å². The highest BCUT2D eigenvalue weighted by atomic mass is 16.5. The average Bonchev–Trinajstić information content (AvgIpc) is 3.41. The van der Waals surface area contributed by atoms with Gasteiger partial charge in [-0.05, 0) is 50.1 Å². The predicted octanol–water partition coefficient (Wildman–Crippen LogP) is 5.66. The molecule has 3 heterocycles. The van der Waals surface area contributed by atoms with Gasteiger partial charge in [0.15, 0.2) is 5.58 Å². The lowest BCUT2D eigenvalue weighted by molar-refractivity contribution is 0.0698. The molecule has 1 unspecified atom stereocenters. The fourth-order valence-corrected chi connectivity index (χ4v) is 4.48. The summed E-state index contributed by atoms with van der Waals surface area (Å²) in [6.07, 6.45) is 2.82. The lowest BCUT2D eigenvalue weighted by atomic mass is 9.98. The monoisotopic (exact) mass is 416 g/mol. The number of carboxylic acids is 1. The van der Waals surface area contributed by atoms with Gasteiger partial charge in [0.2, 0.25) is 0 Å². The Morgan fingerprint density at radius 2 is 2.06 bits per heavy atom. The van der Waals surface area contributed by atoms with Crippen molar-refractivity contribution in [2.45, 2.75) is 32.2 Å². The molecule has 158 valence electrons. The lowest BCUT2D eigenvalue weighted by Crippen LogP contribution is -2.11. The predicted molar refractivity (Wildman–Crippen MR) is 120 cm³/mol. The number of carbonyl (C=O) groups is 1. The van der Waals surface area contributed by atoms with Crippen LogP contribution in [0.3, 0.4) is 0 Å². The minimum atomic E-state index is -0.957. The van der Waals surface area contributed by atoms with Crippen LogP contribution in [0.5, 0.6) is 0 Å². The van der Waals surface area contributed by atoms with E-state index in [0.717, 1.165) is 51.8 Å². The van der Waals surface area contributed by atoms with Gasteiger partial charge in [0.05, 0.1) is 18.2 Å². The fraction of sp³-hybridized carbons (Fsp3) is 0.280. The number of ether oxygens (including phenoxy) is 1. The number of pyridine rings is 1. The number of furan rings is 1. The van der Waals surface area contributed by atoms with E-state index in [4.69, 9.17) is 9.15 Å². The number of anilines is 1. The SMILES string of the molecule is Cc1cc([C@@H](C)Nc2ccccc2C(=O)O)c2oc3c(C4CCOC4)ccnc3c2c1. The summed E-state index contributed by atoms with van der Waals surface area (Å²) < 4.78 is 12.0. The normalized spacial score (nSPS) is 17.3. The summed E-state index contributed by atoms with van der Waals surface area (Å²) in [4.78, 5) is 16.2. The van der Waals surface area contributed by atoms with Crippen molar-refractivity contribution in [2.24, 2.45) is 0 Å². The van der Waals surface area contributed by atoms with Crippen molar-refractivity contribution in [3.05, 3.63) is 70.9 Å². The second kappa shape index (κ2) is 7.71. The smallest absolute Gasteiger partial charge is 0.337 e. The van der Waals surface area contributed by atoms with Crippen LogP contribution in [0.15, 0.2) is 53.1 Å². The molecule has 0 radical (unpaired) electrons. The lowest BCUT2D eigenvalue weighted by Gasteiger charge is -2.18. The molecule has 1 saturated heterocycles. The number of rotatable bonds is 5. The van der Waals surface area contributed by atoms with Crippen LogP contribution in [-0.2, 0) is 4.74 Å². The van der Waals surface area contributed by atoms with Crippen LogP contribution < -0.4 is 5.32 Å². The summed E-state index contributed by atoms with van der Waals surface area (Å²) in [5, 5.41) is 13.9. The largest absolute Gasteiger partial charge is 0.478 e. The number of aryl methyl sites for hydroxylation is 1. The molecule has 1 fully saturated rings. The van der Waals surface area contributed by atoms with Crippen LogP contribution in [0.1, 0.15) is 52.4 Å². The van der Waals surface area contributed by atoms with Gasteiger partial charge in [0, 0.05) is 40.9 Å². The fourth-order valence-electron chi connectivity index (χ4n) is 4.48. The minimum Gasteiger partial charge on any atom is -0.478 e. The van der Waals surface area contributed by atoms with Gasteiger partial charge in [-0.2, -0.15) is 0 Å². The van der Waals surface area contributed by atoms with E-state index < -0.39 is 5.97 Å². The molecule has 1 aliphatic heterocycles. The van der Waals surface area contributed by atoms with E-state index in [1.807, 2.05) is 32.2 Å². The van der Waals surface area contributed by atoms with Gasteiger partial charge >= 0.3 is 5.97 Å². The van der Waals surface area contributed by atoms with Crippen molar-refractivity contribution >= 4 is 33.7 Å². The maximum atomic E-state index is 11.6. The van der Waals surface area contributed by atoms with Crippen molar-refractivity contribution in [3.8, 4) is 0 Å². The molecule has 2 atom stereocenters. The van der Waals surface area contributed by atoms with Gasteiger partial charge in [-0.15, -0.1) is 0 Å². The number of hydrogen-bond acceptors (Lipinski definition) is 5. The highest BCUT2D eigenvalue weighted by molar-refractivity contribution is 6.05. The zero-order valence-corrected chi connectivity index (χ0v) is 17.5. The zero-order valence-electron chi connectivity index (χ0n) is 17.5. The Hall–Kier alpha value is -3.38. The maximum Gasteiger partial charge on any atom is 0.337 e. The van der Waals surface area contributed by atoms with Crippen molar-refractivity contribution < 1.29 is 19.1 Å². The summed E-state index contributed by atoms with van der Waals surface area (Å²) in [5.41, 5.74) is 6.50. The van der Waals surface area contributed by atoms with Crippen LogP contribution in [0.4, 0.5) is 5.69 Å². The van der Waals surface area contributed by atoms with Crippen LogP contribution in [0.25, 0.3) is 22.1 Å². The number of fused-ring (bicyclic) bond motifs is 3. The maximum absolute atomic E-state index is 11.6. The van der Waals surface area contributed by atoms with Crippen LogP contribution in [0.2, 0.25) is 0 Å². The topological polar surface area (TPSA) is 84.6 Å². The number of aromatic carboxylic acids is 1. The summed E-state index contributed by atoms with van der Waals surface area (Å²) >= 11 is 0. The molecular weight excluding hydrogens is 392 g/mol. The molecule has 0 saturated carbocycles. The molecule has 1 aliphatic rings.